The number of benzene rings is 1. The maximum Gasteiger partial charge on any atom is 0.166 e. The van der Waals surface area contributed by atoms with E-state index in [4.69, 9.17) is 18.9 Å². The van der Waals surface area contributed by atoms with Crippen molar-refractivity contribution in [2.75, 3.05) is 33.5 Å². The second-order valence-electron chi connectivity index (χ2n) is 6.87. The summed E-state index contributed by atoms with van der Waals surface area (Å²) in [5.41, 5.74) is 2.75. The number of fused-ring (bicyclic) bond motifs is 2. The smallest absolute Gasteiger partial charge is 0.166 e. The first kappa shape index (κ1) is 19.8. The van der Waals surface area contributed by atoms with Crippen molar-refractivity contribution in [2.24, 2.45) is 5.92 Å². The van der Waals surface area contributed by atoms with Gasteiger partial charge in [0, 0.05) is 43.2 Å². The van der Waals surface area contributed by atoms with E-state index in [-0.39, 0.29) is 0 Å². The van der Waals surface area contributed by atoms with Crippen molar-refractivity contribution in [3.05, 3.63) is 36.2 Å². The van der Waals surface area contributed by atoms with Crippen LogP contribution in [0.25, 0.3) is 11.0 Å². The average Bonchev–Trinajstić information content (AvgIpc) is 3.15. The number of hydrogen-bond acceptors (Lipinski definition) is 7. The molecule has 1 unspecified atom stereocenters. The molecule has 0 saturated carbocycles. The number of rotatable bonds is 9. The number of H-pyrrole nitrogens is 1. The minimum absolute atomic E-state index is 0.389. The lowest BCUT2D eigenvalue weighted by Gasteiger charge is -2.17. The van der Waals surface area contributed by atoms with E-state index in [9.17, 15) is 0 Å². The largest absolute Gasteiger partial charge is 0.493 e. The number of aromatic amines is 1. The number of imidazole rings is 1. The van der Waals surface area contributed by atoms with E-state index in [0.29, 0.717) is 38.1 Å². The standard InChI is InChI=1S/C21H25N3O4S/c1-3-14(11-25-2)12-28-16-4-5-22-15(8-16)13-29-21-23-17-9-19-20(10-18(17)24-21)27-7-6-26-19/h4-5,8-10,14H,3,6-7,11-13H2,1-2H3,(H,23,24). The monoisotopic (exact) mass is 415 g/mol. The van der Waals surface area contributed by atoms with Crippen LogP contribution in [0.15, 0.2) is 35.6 Å². The molecule has 4 rings (SSSR count). The van der Waals surface area contributed by atoms with Crippen molar-refractivity contribution in [2.45, 2.75) is 24.3 Å². The van der Waals surface area contributed by atoms with E-state index in [2.05, 4.69) is 21.9 Å². The lowest BCUT2D eigenvalue weighted by Crippen LogP contribution is -2.16. The van der Waals surface area contributed by atoms with Crippen LogP contribution in [-0.2, 0) is 10.5 Å². The SMILES string of the molecule is CCC(COC)COc1ccnc(CSc2nc3cc4c(cc3[nH]2)OCCO4)c1. The Labute approximate surface area is 174 Å². The van der Waals surface area contributed by atoms with Crippen molar-refractivity contribution < 1.29 is 18.9 Å². The van der Waals surface area contributed by atoms with E-state index < -0.39 is 0 Å². The van der Waals surface area contributed by atoms with Crippen molar-refractivity contribution in [1.29, 1.82) is 0 Å². The Morgan fingerprint density at radius 3 is 2.79 bits per heavy atom. The van der Waals surface area contributed by atoms with E-state index >= 15 is 0 Å². The minimum Gasteiger partial charge on any atom is -0.493 e. The summed E-state index contributed by atoms with van der Waals surface area (Å²) < 4.78 is 22.4. The number of methoxy groups -OCH3 is 1. The van der Waals surface area contributed by atoms with Crippen LogP contribution in [0.3, 0.4) is 0 Å². The summed E-state index contributed by atoms with van der Waals surface area (Å²) in [7, 11) is 1.72. The molecule has 0 fully saturated rings. The molecule has 154 valence electrons. The van der Waals surface area contributed by atoms with Gasteiger partial charge in [-0.15, -0.1) is 0 Å². The third-order valence-corrected chi connectivity index (χ3v) is 5.64. The summed E-state index contributed by atoms with van der Waals surface area (Å²) in [6.07, 6.45) is 2.80. The quantitative estimate of drug-likeness (QED) is 0.528. The van der Waals surface area contributed by atoms with E-state index in [1.54, 1.807) is 25.1 Å². The van der Waals surface area contributed by atoms with Crippen LogP contribution in [0.1, 0.15) is 19.0 Å². The molecule has 1 atom stereocenters. The molecule has 8 heteroatoms. The molecular formula is C21H25N3O4S. The third kappa shape index (κ3) is 4.94. The van der Waals surface area contributed by atoms with Crippen molar-refractivity contribution in [3.8, 4) is 17.2 Å². The Morgan fingerprint density at radius 2 is 2.00 bits per heavy atom. The van der Waals surface area contributed by atoms with E-state index in [1.807, 2.05) is 24.3 Å². The van der Waals surface area contributed by atoms with Gasteiger partial charge in [0.05, 0.1) is 29.9 Å². The highest BCUT2D eigenvalue weighted by Gasteiger charge is 2.15. The molecule has 1 N–H and O–H groups in total. The second-order valence-corrected chi connectivity index (χ2v) is 7.83. The lowest BCUT2D eigenvalue weighted by molar-refractivity contribution is 0.116. The van der Waals surface area contributed by atoms with Gasteiger partial charge in [-0.25, -0.2) is 4.98 Å². The van der Waals surface area contributed by atoms with Gasteiger partial charge in [0.15, 0.2) is 16.7 Å². The van der Waals surface area contributed by atoms with Crippen LogP contribution in [-0.4, -0.2) is 48.5 Å². The number of nitrogens with one attached hydrogen (secondary N) is 1. The number of thioether (sulfide) groups is 1. The molecule has 0 aliphatic carbocycles. The van der Waals surface area contributed by atoms with Crippen LogP contribution < -0.4 is 14.2 Å². The van der Waals surface area contributed by atoms with Gasteiger partial charge < -0.3 is 23.9 Å². The van der Waals surface area contributed by atoms with Gasteiger partial charge in [-0.1, -0.05) is 18.7 Å². The number of pyridine rings is 1. The molecule has 2 aromatic heterocycles. The van der Waals surface area contributed by atoms with E-state index in [1.165, 1.54) is 0 Å². The predicted octanol–water partition coefficient (Wildman–Crippen LogP) is 4.07. The van der Waals surface area contributed by atoms with Gasteiger partial charge >= 0.3 is 0 Å². The first-order chi connectivity index (χ1) is 14.2. The number of aromatic nitrogens is 3. The summed E-state index contributed by atoms with van der Waals surface area (Å²) in [6.45, 7) is 4.63. The summed E-state index contributed by atoms with van der Waals surface area (Å²) in [5.74, 6) is 3.42. The molecular weight excluding hydrogens is 390 g/mol. The molecule has 0 amide bonds. The molecule has 0 spiro atoms. The van der Waals surface area contributed by atoms with Gasteiger partial charge in [0.1, 0.15) is 19.0 Å². The fraction of sp³-hybridized carbons (Fsp3) is 0.429. The van der Waals surface area contributed by atoms with Crippen LogP contribution in [0.2, 0.25) is 0 Å². The van der Waals surface area contributed by atoms with Crippen molar-refractivity contribution in [1.82, 2.24) is 15.0 Å². The molecule has 1 aliphatic heterocycles. The Kier molecular flexibility index (Phi) is 6.41. The first-order valence-corrected chi connectivity index (χ1v) is 10.7. The van der Waals surface area contributed by atoms with Crippen LogP contribution in [0.4, 0.5) is 0 Å². The number of nitrogens with zero attached hydrogens (tertiary/aromatic N) is 2. The van der Waals surface area contributed by atoms with Gasteiger partial charge in [-0.2, -0.15) is 0 Å². The zero-order chi connectivity index (χ0) is 20.1. The van der Waals surface area contributed by atoms with Gasteiger partial charge in [-0.05, 0) is 12.5 Å². The average molecular weight is 416 g/mol. The molecule has 3 aromatic rings. The van der Waals surface area contributed by atoms with Crippen LogP contribution in [0, 0.1) is 5.92 Å². The van der Waals surface area contributed by atoms with Gasteiger partial charge in [0.2, 0.25) is 0 Å². The predicted molar refractivity (Wildman–Crippen MR) is 112 cm³/mol. The summed E-state index contributed by atoms with van der Waals surface area (Å²) in [6, 6.07) is 7.73. The second kappa shape index (κ2) is 9.37. The third-order valence-electron chi connectivity index (χ3n) is 4.73. The fourth-order valence-electron chi connectivity index (χ4n) is 3.09. The number of ether oxygens (including phenoxy) is 4. The summed E-state index contributed by atoms with van der Waals surface area (Å²) in [4.78, 5) is 12.4. The Morgan fingerprint density at radius 1 is 1.17 bits per heavy atom. The highest BCUT2D eigenvalue weighted by atomic mass is 32.2. The highest BCUT2D eigenvalue weighted by Crippen LogP contribution is 2.35. The maximum atomic E-state index is 5.93. The molecule has 0 bridgehead atoms. The molecule has 1 aliphatic rings. The Hall–Kier alpha value is -2.45. The fourth-order valence-corrected chi connectivity index (χ4v) is 3.88. The highest BCUT2D eigenvalue weighted by molar-refractivity contribution is 7.98. The van der Waals surface area contributed by atoms with Crippen molar-refractivity contribution in [3.63, 3.8) is 0 Å². The van der Waals surface area contributed by atoms with Crippen LogP contribution >= 0.6 is 11.8 Å². The molecule has 0 radical (unpaired) electrons. The topological polar surface area (TPSA) is 78.5 Å². The van der Waals surface area contributed by atoms with Crippen molar-refractivity contribution >= 4 is 22.8 Å². The summed E-state index contributed by atoms with van der Waals surface area (Å²) >= 11 is 1.60. The van der Waals surface area contributed by atoms with E-state index in [0.717, 1.165) is 45.6 Å². The summed E-state index contributed by atoms with van der Waals surface area (Å²) in [5, 5.41) is 0.835. The first-order valence-electron chi connectivity index (χ1n) is 9.74. The minimum atomic E-state index is 0.389. The molecule has 3 heterocycles. The number of hydrogen-bond donors (Lipinski definition) is 1. The maximum absolute atomic E-state index is 5.93. The van der Waals surface area contributed by atoms with Gasteiger partial charge in [0.25, 0.3) is 0 Å². The molecule has 7 nitrogen and oxygen atoms in total. The van der Waals surface area contributed by atoms with Crippen LogP contribution in [0.5, 0.6) is 17.2 Å². The zero-order valence-corrected chi connectivity index (χ0v) is 17.5. The van der Waals surface area contributed by atoms with Gasteiger partial charge in [-0.3, -0.25) is 4.98 Å². The molecule has 29 heavy (non-hydrogen) atoms. The molecule has 0 saturated heterocycles. The Balaban J connectivity index is 1.38. The molecule has 1 aromatic carbocycles. The zero-order valence-electron chi connectivity index (χ0n) is 16.6. The normalized spacial score (nSPS) is 14.1. The lowest BCUT2D eigenvalue weighted by atomic mass is 10.1. The Bertz CT molecular complexity index is 919.